The molecule has 0 aromatic carbocycles. The Morgan fingerprint density at radius 1 is 1.28 bits per heavy atom. The molecule has 2 saturated heterocycles. The number of alkyl halides is 2. The van der Waals surface area contributed by atoms with E-state index in [1.807, 2.05) is 16.7 Å². The maximum atomic E-state index is 13.7. The summed E-state index contributed by atoms with van der Waals surface area (Å²) in [6.07, 6.45) is -1.43. The van der Waals surface area contributed by atoms with E-state index in [1.54, 1.807) is 0 Å². The SMILES string of the molecule is C=N/C(=N\C(=N/CN1CCSCC1)c1cnc(N)cc1C(F)F)N1CCOCC1. The van der Waals surface area contributed by atoms with Gasteiger partial charge in [0.15, 0.2) is 5.84 Å². The molecule has 0 atom stereocenters. The fourth-order valence-corrected chi connectivity index (χ4v) is 3.99. The van der Waals surface area contributed by atoms with Gasteiger partial charge in [0.1, 0.15) is 5.82 Å². The van der Waals surface area contributed by atoms with Crippen molar-refractivity contribution >= 4 is 36.1 Å². The summed E-state index contributed by atoms with van der Waals surface area (Å²) in [6, 6.07) is 1.17. The first-order chi connectivity index (χ1) is 14.1. The number of thioether (sulfide) groups is 1. The minimum atomic E-state index is -2.73. The fourth-order valence-electron chi connectivity index (χ4n) is 3.01. The summed E-state index contributed by atoms with van der Waals surface area (Å²) < 4.78 is 32.7. The number of nitrogen functional groups attached to an aromatic ring is 1. The Morgan fingerprint density at radius 2 is 2.00 bits per heavy atom. The van der Waals surface area contributed by atoms with Crippen LogP contribution in [0.4, 0.5) is 14.6 Å². The number of rotatable bonds is 4. The van der Waals surface area contributed by atoms with Gasteiger partial charge in [0.2, 0.25) is 5.96 Å². The van der Waals surface area contributed by atoms with Crippen LogP contribution in [0.15, 0.2) is 27.2 Å². The number of aromatic nitrogens is 1. The van der Waals surface area contributed by atoms with Crippen molar-refractivity contribution in [3.63, 3.8) is 0 Å². The van der Waals surface area contributed by atoms with Gasteiger partial charge in [-0.25, -0.2) is 18.8 Å². The third-order valence-corrected chi connectivity index (χ3v) is 5.54. The van der Waals surface area contributed by atoms with Gasteiger partial charge in [-0.05, 0) is 12.8 Å². The molecule has 0 aliphatic carbocycles. The Morgan fingerprint density at radius 3 is 2.66 bits per heavy atom. The summed E-state index contributed by atoms with van der Waals surface area (Å²) >= 11 is 1.89. The molecular formula is C18H25F2N7OS. The van der Waals surface area contributed by atoms with E-state index in [9.17, 15) is 8.78 Å². The van der Waals surface area contributed by atoms with Crippen LogP contribution in [0.2, 0.25) is 0 Å². The molecule has 0 unspecified atom stereocenters. The third-order valence-electron chi connectivity index (χ3n) is 4.60. The molecule has 0 radical (unpaired) electrons. The van der Waals surface area contributed by atoms with Crippen LogP contribution >= 0.6 is 11.8 Å². The molecule has 0 amide bonds. The van der Waals surface area contributed by atoms with Crippen LogP contribution in [-0.2, 0) is 4.74 Å². The number of amidine groups is 1. The van der Waals surface area contributed by atoms with Crippen LogP contribution in [0, 0.1) is 0 Å². The second kappa shape index (κ2) is 10.6. The largest absolute Gasteiger partial charge is 0.384 e. The number of nitrogens with zero attached hydrogens (tertiary/aromatic N) is 6. The lowest BCUT2D eigenvalue weighted by molar-refractivity contribution is 0.0677. The fraction of sp³-hybridized carbons (Fsp3) is 0.556. The molecule has 3 rings (SSSR count). The topological polar surface area (TPSA) is 91.7 Å². The van der Waals surface area contributed by atoms with Crippen LogP contribution in [0.3, 0.4) is 0 Å². The number of nitrogens with two attached hydrogens (primary N) is 1. The molecule has 2 aliphatic heterocycles. The minimum absolute atomic E-state index is 0.0238. The van der Waals surface area contributed by atoms with Crippen molar-refractivity contribution in [1.82, 2.24) is 14.8 Å². The third kappa shape index (κ3) is 5.94. The van der Waals surface area contributed by atoms with Gasteiger partial charge >= 0.3 is 0 Å². The maximum Gasteiger partial charge on any atom is 0.264 e. The Hall–Kier alpha value is -2.11. The molecule has 1 aromatic heterocycles. The molecule has 1 aromatic rings. The highest BCUT2D eigenvalue weighted by atomic mass is 32.2. The first kappa shape index (κ1) is 21.6. The lowest BCUT2D eigenvalue weighted by Gasteiger charge is -2.27. The van der Waals surface area contributed by atoms with E-state index in [1.165, 1.54) is 12.3 Å². The Labute approximate surface area is 172 Å². The minimum Gasteiger partial charge on any atom is -0.384 e. The van der Waals surface area contributed by atoms with Crippen molar-refractivity contribution in [2.24, 2.45) is 15.0 Å². The van der Waals surface area contributed by atoms with Crippen LogP contribution < -0.4 is 5.73 Å². The normalized spacial score (nSPS) is 19.6. The molecule has 3 heterocycles. The second-order valence-corrected chi connectivity index (χ2v) is 7.74. The molecule has 29 heavy (non-hydrogen) atoms. The summed E-state index contributed by atoms with van der Waals surface area (Å²) in [5.41, 5.74) is 5.52. The summed E-state index contributed by atoms with van der Waals surface area (Å²) in [6.45, 7) is 8.00. The first-order valence-electron chi connectivity index (χ1n) is 9.35. The highest BCUT2D eigenvalue weighted by molar-refractivity contribution is 7.99. The number of hydrogen-bond donors (Lipinski definition) is 1. The second-order valence-electron chi connectivity index (χ2n) is 6.52. The van der Waals surface area contributed by atoms with Gasteiger partial charge < -0.3 is 15.4 Å². The smallest absolute Gasteiger partial charge is 0.264 e. The van der Waals surface area contributed by atoms with Crippen LogP contribution in [0.1, 0.15) is 17.6 Å². The molecule has 0 spiro atoms. The number of hydrogen-bond acceptors (Lipinski definition) is 6. The van der Waals surface area contributed by atoms with Crippen molar-refractivity contribution in [2.45, 2.75) is 6.43 Å². The van der Waals surface area contributed by atoms with E-state index in [2.05, 4.69) is 31.6 Å². The highest BCUT2D eigenvalue weighted by Gasteiger charge is 2.21. The van der Waals surface area contributed by atoms with Crippen molar-refractivity contribution in [1.29, 1.82) is 0 Å². The van der Waals surface area contributed by atoms with Gasteiger partial charge in [0.05, 0.1) is 19.9 Å². The van der Waals surface area contributed by atoms with Crippen molar-refractivity contribution in [2.75, 3.05) is 63.3 Å². The van der Waals surface area contributed by atoms with Gasteiger partial charge in [0.25, 0.3) is 6.43 Å². The molecule has 2 N–H and O–H groups in total. The van der Waals surface area contributed by atoms with Gasteiger partial charge in [-0.2, -0.15) is 16.8 Å². The lowest BCUT2D eigenvalue weighted by Crippen LogP contribution is -2.40. The van der Waals surface area contributed by atoms with Gasteiger partial charge in [-0.15, -0.1) is 0 Å². The summed E-state index contributed by atoms with van der Waals surface area (Å²) in [5, 5.41) is 0. The van der Waals surface area contributed by atoms with E-state index in [0.717, 1.165) is 24.6 Å². The molecule has 11 heteroatoms. The van der Waals surface area contributed by atoms with E-state index in [4.69, 9.17) is 10.5 Å². The molecule has 2 fully saturated rings. The average Bonchev–Trinajstić information content (AvgIpc) is 2.75. The van der Waals surface area contributed by atoms with E-state index in [0.29, 0.717) is 38.9 Å². The monoisotopic (exact) mass is 425 g/mol. The standard InChI is InChI=1S/C18H25F2N7OS/c1-22-18(27-2-6-28-7-3-27)25-17(24-12-26-4-8-29-9-5-26)14-11-23-15(21)10-13(14)16(19)20/h10-11,16H,1-9,12H2,(H2,21,23)/b24-17-,25-18+. The van der Waals surface area contributed by atoms with Gasteiger partial charge in [-0.1, -0.05) is 0 Å². The Bertz CT molecular complexity index is 763. The van der Waals surface area contributed by atoms with Crippen molar-refractivity contribution < 1.29 is 13.5 Å². The van der Waals surface area contributed by atoms with E-state index >= 15 is 0 Å². The number of anilines is 1. The Balaban J connectivity index is 1.97. The predicted octanol–water partition coefficient (Wildman–Crippen LogP) is 1.74. The predicted molar refractivity (Wildman–Crippen MR) is 113 cm³/mol. The molecule has 0 saturated carbocycles. The Kier molecular flexibility index (Phi) is 7.90. The van der Waals surface area contributed by atoms with Gasteiger partial charge in [-0.3, -0.25) is 9.89 Å². The van der Waals surface area contributed by atoms with E-state index < -0.39 is 6.43 Å². The number of aliphatic imine (C=N–C) groups is 3. The van der Waals surface area contributed by atoms with Crippen LogP contribution in [-0.4, -0.2) is 90.9 Å². The molecule has 8 nitrogen and oxygen atoms in total. The van der Waals surface area contributed by atoms with Gasteiger partial charge in [0, 0.05) is 55.0 Å². The van der Waals surface area contributed by atoms with E-state index in [-0.39, 0.29) is 22.8 Å². The summed E-state index contributed by atoms with van der Waals surface area (Å²) in [7, 11) is 0. The summed E-state index contributed by atoms with van der Waals surface area (Å²) in [5.74, 6) is 2.55. The number of morpholine rings is 1. The van der Waals surface area contributed by atoms with Crippen LogP contribution in [0.25, 0.3) is 0 Å². The zero-order valence-electron chi connectivity index (χ0n) is 16.1. The first-order valence-corrected chi connectivity index (χ1v) is 10.5. The quantitative estimate of drug-likeness (QED) is 0.584. The van der Waals surface area contributed by atoms with Crippen molar-refractivity contribution in [3.05, 3.63) is 23.4 Å². The average molecular weight is 426 g/mol. The molecule has 0 bridgehead atoms. The number of pyridine rings is 1. The maximum absolute atomic E-state index is 13.7. The lowest BCUT2D eigenvalue weighted by atomic mass is 10.1. The zero-order valence-corrected chi connectivity index (χ0v) is 17.0. The zero-order chi connectivity index (χ0) is 20.6. The van der Waals surface area contributed by atoms with Crippen LogP contribution in [0.5, 0.6) is 0 Å². The molecular weight excluding hydrogens is 400 g/mol. The molecule has 158 valence electrons. The number of halogens is 2. The van der Waals surface area contributed by atoms with Crippen molar-refractivity contribution in [3.8, 4) is 0 Å². The summed E-state index contributed by atoms with van der Waals surface area (Å²) in [4.78, 5) is 21.1. The highest BCUT2D eigenvalue weighted by Crippen LogP contribution is 2.25. The number of guanidine groups is 1. The number of ether oxygens (including phenoxy) is 1. The molecule has 2 aliphatic rings.